The van der Waals surface area contributed by atoms with Crippen LogP contribution in [-0.2, 0) is 11.2 Å². The van der Waals surface area contributed by atoms with Gasteiger partial charge in [-0.15, -0.1) is 0 Å². The molecule has 1 aromatic carbocycles. The van der Waals surface area contributed by atoms with Crippen LogP contribution in [0, 0.1) is 0 Å². The highest BCUT2D eigenvalue weighted by Gasteiger charge is 2.35. The van der Waals surface area contributed by atoms with Crippen molar-refractivity contribution in [3.63, 3.8) is 0 Å². The van der Waals surface area contributed by atoms with Gasteiger partial charge in [0.2, 0.25) is 0 Å². The fourth-order valence-electron chi connectivity index (χ4n) is 3.00. The third-order valence-electron chi connectivity index (χ3n) is 4.52. The number of aliphatic hydroxyl groups excluding tert-OH is 1. The number of hydrogen-bond donors (Lipinski definition) is 3. The number of nitrogens with zero attached hydrogens (tertiary/aromatic N) is 1. The van der Waals surface area contributed by atoms with Crippen molar-refractivity contribution in [1.29, 1.82) is 0 Å². The topological polar surface area (TPSA) is 113 Å². The molecular weight excluding hydrogens is 418 g/mol. The Bertz CT molecular complexity index is 954. The molecule has 1 saturated heterocycles. The molecule has 2 heterocycles. The molecule has 0 spiro atoms. The number of aryl methyl sites for hydroxylation is 1. The number of carbonyl (C=O) groups is 1. The van der Waals surface area contributed by atoms with E-state index in [1.54, 1.807) is 18.2 Å². The number of aromatic nitrogens is 2. The van der Waals surface area contributed by atoms with Crippen LogP contribution in [0.2, 0.25) is 0 Å². The van der Waals surface area contributed by atoms with E-state index in [1.807, 2.05) is 13.0 Å². The lowest BCUT2D eigenvalue weighted by atomic mass is 10.1. The van der Waals surface area contributed by atoms with Crippen LogP contribution in [0.3, 0.4) is 0 Å². The summed E-state index contributed by atoms with van der Waals surface area (Å²) in [5, 5.41) is 13.0. The van der Waals surface area contributed by atoms with E-state index in [0.717, 1.165) is 0 Å². The van der Waals surface area contributed by atoms with Crippen molar-refractivity contribution in [2.24, 2.45) is 0 Å². The van der Waals surface area contributed by atoms with Gasteiger partial charge in [-0.25, -0.2) is 4.79 Å². The van der Waals surface area contributed by atoms with Crippen molar-refractivity contribution < 1.29 is 14.6 Å². The minimum atomic E-state index is -0.849. The van der Waals surface area contributed by atoms with Crippen molar-refractivity contribution in [2.45, 2.75) is 38.2 Å². The summed E-state index contributed by atoms with van der Waals surface area (Å²) in [4.78, 5) is 38.3. The molecule has 1 aliphatic heterocycles. The number of carbonyl (C=O) groups excluding carboxylic acids is 1. The number of aromatic amines is 1. The van der Waals surface area contributed by atoms with Crippen LogP contribution in [0.15, 0.2) is 44.5 Å². The van der Waals surface area contributed by atoms with Gasteiger partial charge < -0.3 is 15.2 Å². The molecule has 0 aliphatic carbocycles. The van der Waals surface area contributed by atoms with Gasteiger partial charge in [0.1, 0.15) is 12.3 Å². The first-order chi connectivity index (χ1) is 12.9. The van der Waals surface area contributed by atoms with Gasteiger partial charge in [-0.05, 0) is 34.5 Å². The van der Waals surface area contributed by atoms with E-state index in [0.29, 0.717) is 22.0 Å². The van der Waals surface area contributed by atoms with Gasteiger partial charge >= 0.3 is 5.69 Å². The van der Waals surface area contributed by atoms with Gasteiger partial charge in [0, 0.05) is 29.2 Å². The maximum Gasteiger partial charge on any atom is 0.330 e. The minimum absolute atomic E-state index is 0.0938. The van der Waals surface area contributed by atoms with Crippen LogP contribution in [0.1, 0.15) is 35.5 Å². The first-order valence-corrected chi connectivity index (χ1v) is 9.40. The zero-order chi connectivity index (χ0) is 19.6. The van der Waals surface area contributed by atoms with Crippen LogP contribution >= 0.6 is 15.9 Å². The van der Waals surface area contributed by atoms with Crippen LogP contribution in [0.25, 0.3) is 0 Å². The maximum atomic E-state index is 12.3. The van der Waals surface area contributed by atoms with E-state index in [2.05, 4.69) is 26.2 Å². The Morgan fingerprint density at radius 2 is 2.15 bits per heavy atom. The van der Waals surface area contributed by atoms with Gasteiger partial charge in [-0.2, -0.15) is 0 Å². The van der Waals surface area contributed by atoms with Gasteiger partial charge in [0.25, 0.3) is 11.5 Å². The number of benzene rings is 1. The summed E-state index contributed by atoms with van der Waals surface area (Å²) >= 11 is 3.32. The standard InChI is InChI=1S/C18H20BrN3O5/c1-2-10-9-22(18(26)21-16(10)24)15-7-13(23)14(27-15)8-20-17(25)11-5-3-4-6-12(11)19/h3-6,9,13-15,23H,2,7-8H2,1H3,(H,20,25)(H,21,24,26)/t13?,14-,15-/m0/s1. The highest BCUT2D eigenvalue weighted by atomic mass is 79.9. The molecule has 2 aromatic rings. The monoisotopic (exact) mass is 437 g/mol. The van der Waals surface area contributed by atoms with Crippen molar-refractivity contribution in [3.8, 4) is 0 Å². The summed E-state index contributed by atoms with van der Waals surface area (Å²) in [5.74, 6) is -0.295. The average molecular weight is 438 g/mol. The highest BCUT2D eigenvalue weighted by Crippen LogP contribution is 2.27. The Kier molecular flexibility index (Phi) is 5.93. The number of amides is 1. The first kappa shape index (κ1) is 19.5. The summed E-state index contributed by atoms with van der Waals surface area (Å²) in [6, 6.07) is 7.01. The first-order valence-electron chi connectivity index (χ1n) is 8.61. The minimum Gasteiger partial charge on any atom is -0.390 e. The van der Waals surface area contributed by atoms with E-state index in [-0.39, 0.29) is 18.9 Å². The van der Waals surface area contributed by atoms with E-state index >= 15 is 0 Å². The quantitative estimate of drug-likeness (QED) is 0.643. The van der Waals surface area contributed by atoms with E-state index in [1.165, 1.54) is 10.8 Å². The smallest absolute Gasteiger partial charge is 0.330 e. The Balaban J connectivity index is 1.69. The molecule has 3 N–H and O–H groups in total. The molecule has 1 aliphatic rings. The zero-order valence-corrected chi connectivity index (χ0v) is 16.2. The predicted octanol–water partition coefficient (Wildman–Crippen LogP) is 0.940. The largest absolute Gasteiger partial charge is 0.390 e. The van der Waals surface area contributed by atoms with Crippen molar-refractivity contribution >= 4 is 21.8 Å². The molecule has 1 amide bonds. The van der Waals surface area contributed by atoms with Crippen LogP contribution in [-0.4, -0.2) is 39.3 Å². The van der Waals surface area contributed by atoms with Gasteiger partial charge in [0.15, 0.2) is 0 Å². The Morgan fingerprint density at radius 3 is 2.85 bits per heavy atom. The summed E-state index contributed by atoms with van der Waals surface area (Å²) < 4.78 is 7.70. The van der Waals surface area contributed by atoms with Crippen molar-refractivity contribution in [3.05, 3.63) is 66.9 Å². The number of aliphatic hydroxyl groups is 1. The van der Waals surface area contributed by atoms with Crippen LogP contribution < -0.4 is 16.6 Å². The van der Waals surface area contributed by atoms with Crippen LogP contribution in [0.4, 0.5) is 0 Å². The molecule has 3 atom stereocenters. The molecular formula is C18H20BrN3O5. The second-order valence-electron chi connectivity index (χ2n) is 6.30. The van der Waals surface area contributed by atoms with Gasteiger partial charge in [-0.1, -0.05) is 19.1 Å². The highest BCUT2D eigenvalue weighted by molar-refractivity contribution is 9.10. The number of hydrogen-bond acceptors (Lipinski definition) is 5. The summed E-state index contributed by atoms with van der Waals surface area (Å²) in [6.07, 6.45) is -0.106. The molecule has 1 unspecified atom stereocenters. The second-order valence-corrected chi connectivity index (χ2v) is 7.15. The zero-order valence-electron chi connectivity index (χ0n) is 14.6. The lowest BCUT2D eigenvalue weighted by Gasteiger charge is -2.17. The fraction of sp³-hybridized carbons (Fsp3) is 0.389. The Hall–Kier alpha value is -2.23. The molecule has 3 rings (SSSR count). The number of rotatable bonds is 5. The number of nitrogens with one attached hydrogen (secondary N) is 2. The lowest BCUT2D eigenvalue weighted by Crippen LogP contribution is -2.37. The molecule has 1 fully saturated rings. The Morgan fingerprint density at radius 1 is 1.41 bits per heavy atom. The molecule has 0 saturated carbocycles. The summed E-state index contributed by atoms with van der Waals surface area (Å²) in [5.41, 5.74) is -0.0776. The molecule has 8 nitrogen and oxygen atoms in total. The second kappa shape index (κ2) is 8.20. The fourth-order valence-corrected chi connectivity index (χ4v) is 3.46. The van der Waals surface area contributed by atoms with E-state index in [4.69, 9.17) is 4.74 Å². The number of halogens is 1. The third-order valence-corrected chi connectivity index (χ3v) is 5.21. The molecule has 1 aromatic heterocycles. The van der Waals surface area contributed by atoms with E-state index < -0.39 is 29.7 Å². The van der Waals surface area contributed by atoms with E-state index in [9.17, 15) is 19.5 Å². The van der Waals surface area contributed by atoms with Gasteiger partial charge in [-0.3, -0.25) is 19.1 Å². The molecule has 144 valence electrons. The predicted molar refractivity (Wildman–Crippen MR) is 102 cm³/mol. The number of ether oxygens (including phenoxy) is 1. The Labute approximate surface area is 163 Å². The molecule has 0 bridgehead atoms. The molecule has 27 heavy (non-hydrogen) atoms. The summed E-state index contributed by atoms with van der Waals surface area (Å²) in [7, 11) is 0. The maximum absolute atomic E-state index is 12.3. The summed E-state index contributed by atoms with van der Waals surface area (Å²) in [6.45, 7) is 1.90. The molecule has 9 heteroatoms. The van der Waals surface area contributed by atoms with Crippen LogP contribution in [0.5, 0.6) is 0 Å². The van der Waals surface area contributed by atoms with Crippen molar-refractivity contribution in [1.82, 2.24) is 14.9 Å². The lowest BCUT2D eigenvalue weighted by molar-refractivity contribution is -0.0187. The number of H-pyrrole nitrogens is 1. The average Bonchev–Trinajstić information content (AvgIpc) is 3.00. The van der Waals surface area contributed by atoms with Crippen molar-refractivity contribution in [2.75, 3.05) is 6.54 Å². The normalized spacial score (nSPS) is 22.0. The third kappa shape index (κ3) is 4.20. The molecule has 0 radical (unpaired) electrons. The van der Waals surface area contributed by atoms with Gasteiger partial charge in [0.05, 0.1) is 11.7 Å². The SMILES string of the molecule is CCc1cn([C@@H]2CC(O)[C@H](CNC(=O)c3ccccc3Br)O2)c(=O)[nH]c1=O.